The molecule has 0 aliphatic heterocycles. The maximum atomic E-state index is 5.49. The van der Waals surface area contributed by atoms with Crippen LogP contribution in [0, 0.1) is 0 Å². The van der Waals surface area contributed by atoms with E-state index in [2.05, 4.69) is 22.0 Å². The molecule has 0 unspecified atom stereocenters. The molecule has 18 heavy (non-hydrogen) atoms. The van der Waals surface area contributed by atoms with E-state index in [1.54, 1.807) is 0 Å². The molecule has 0 saturated heterocycles. The van der Waals surface area contributed by atoms with E-state index in [4.69, 9.17) is 5.84 Å². The van der Waals surface area contributed by atoms with Crippen LogP contribution < -0.4 is 16.6 Å². The smallest absolute Gasteiger partial charge is 0.205 e. The van der Waals surface area contributed by atoms with E-state index in [9.17, 15) is 0 Å². The lowest BCUT2D eigenvalue weighted by Crippen LogP contribution is -2.45. The van der Waals surface area contributed by atoms with Gasteiger partial charge in [-0.05, 0) is 37.7 Å². The minimum atomic E-state index is 0.571. The highest BCUT2D eigenvalue weighted by atomic mass is 32.2. The molecule has 1 aliphatic carbocycles. The Labute approximate surface area is 116 Å². The first kappa shape index (κ1) is 15.6. The molecule has 0 spiro atoms. The van der Waals surface area contributed by atoms with Crippen LogP contribution in [-0.2, 0) is 0 Å². The van der Waals surface area contributed by atoms with Crippen LogP contribution in [0.4, 0.5) is 0 Å². The van der Waals surface area contributed by atoms with Gasteiger partial charge in [0.2, 0.25) is 5.96 Å². The lowest BCUT2D eigenvalue weighted by Gasteiger charge is -2.14. The summed E-state index contributed by atoms with van der Waals surface area (Å²) in [5.74, 6) is 7.53. The van der Waals surface area contributed by atoms with E-state index in [0.717, 1.165) is 18.9 Å². The molecule has 106 valence electrons. The predicted molar refractivity (Wildman–Crippen MR) is 81.9 cm³/mol. The van der Waals surface area contributed by atoms with Crippen LogP contribution in [-0.4, -0.2) is 30.6 Å². The third-order valence-corrected chi connectivity index (χ3v) is 4.06. The minimum absolute atomic E-state index is 0.571. The van der Waals surface area contributed by atoms with E-state index in [-0.39, 0.29) is 0 Å². The van der Waals surface area contributed by atoms with Crippen molar-refractivity contribution in [1.82, 2.24) is 10.7 Å². The molecule has 0 heterocycles. The number of unbranched alkanes of at least 4 members (excludes halogenated alkanes) is 3. The molecule has 0 amide bonds. The molecule has 0 atom stereocenters. The van der Waals surface area contributed by atoms with Crippen molar-refractivity contribution in [2.24, 2.45) is 10.8 Å². The molecule has 0 aromatic carbocycles. The Hall–Kier alpha value is -0.420. The lowest BCUT2D eigenvalue weighted by atomic mass is 10.2. The summed E-state index contributed by atoms with van der Waals surface area (Å²) in [6, 6.07) is 0.571. The number of nitrogens with two attached hydrogens (primary N) is 1. The second kappa shape index (κ2) is 10.5. The molecule has 4 N–H and O–H groups in total. The summed E-state index contributed by atoms with van der Waals surface area (Å²) in [7, 11) is 0. The van der Waals surface area contributed by atoms with Gasteiger partial charge in [0, 0.05) is 12.6 Å². The number of hydrazine groups is 1. The third kappa shape index (κ3) is 7.11. The summed E-state index contributed by atoms with van der Waals surface area (Å²) in [5, 5.41) is 3.39. The monoisotopic (exact) mass is 272 g/mol. The molecule has 0 aromatic rings. The zero-order valence-electron chi connectivity index (χ0n) is 11.6. The first-order valence-electron chi connectivity index (χ1n) is 7.13. The Balaban J connectivity index is 2.05. The second-order valence-electron chi connectivity index (χ2n) is 4.91. The average molecular weight is 272 g/mol. The SMILES string of the molecule is CSCCCCCCN=C(NN)NC1CCCC1. The van der Waals surface area contributed by atoms with Gasteiger partial charge in [-0.2, -0.15) is 11.8 Å². The fourth-order valence-corrected chi connectivity index (χ4v) is 2.79. The lowest BCUT2D eigenvalue weighted by molar-refractivity contribution is 0.610. The van der Waals surface area contributed by atoms with E-state index in [1.165, 1.54) is 50.7 Å². The van der Waals surface area contributed by atoms with Crippen LogP contribution in [0.25, 0.3) is 0 Å². The second-order valence-corrected chi connectivity index (χ2v) is 5.89. The molecule has 0 radical (unpaired) electrons. The maximum Gasteiger partial charge on any atom is 0.205 e. The Bertz CT molecular complexity index is 227. The van der Waals surface area contributed by atoms with Gasteiger partial charge >= 0.3 is 0 Å². The Morgan fingerprint density at radius 3 is 2.61 bits per heavy atom. The highest BCUT2D eigenvalue weighted by molar-refractivity contribution is 7.98. The number of rotatable bonds is 8. The van der Waals surface area contributed by atoms with Gasteiger partial charge < -0.3 is 5.32 Å². The number of thioether (sulfide) groups is 1. The standard InChI is InChI=1S/C13H28N4S/c1-18-11-7-3-2-6-10-15-13(17-14)16-12-8-4-5-9-12/h12H,2-11,14H2,1H3,(H2,15,16,17). The van der Waals surface area contributed by atoms with E-state index in [0.29, 0.717) is 6.04 Å². The quantitative estimate of drug-likeness (QED) is 0.208. The van der Waals surface area contributed by atoms with Crippen LogP contribution in [0.5, 0.6) is 0 Å². The van der Waals surface area contributed by atoms with E-state index >= 15 is 0 Å². The summed E-state index contributed by atoms with van der Waals surface area (Å²) >= 11 is 1.93. The number of hydrogen-bond donors (Lipinski definition) is 3. The van der Waals surface area contributed by atoms with Gasteiger partial charge in [0.15, 0.2) is 0 Å². The van der Waals surface area contributed by atoms with Crippen molar-refractivity contribution in [2.75, 3.05) is 18.6 Å². The number of hydrogen-bond acceptors (Lipinski definition) is 3. The largest absolute Gasteiger partial charge is 0.353 e. The van der Waals surface area contributed by atoms with Crippen molar-refractivity contribution < 1.29 is 0 Å². The topological polar surface area (TPSA) is 62.4 Å². The summed E-state index contributed by atoms with van der Waals surface area (Å²) < 4.78 is 0. The van der Waals surface area contributed by atoms with Gasteiger partial charge in [0.05, 0.1) is 0 Å². The van der Waals surface area contributed by atoms with Crippen molar-refractivity contribution in [3.63, 3.8) is 0 Å². The van der Waals surface area contributed by atoms with E-state index < -0.39 is 0 Å². The van der Waals surface area contributed by atoms with Gasteiger partial charge in [-0.1, -0.05) is 25.7 Å². The van der Waals surface area contributed by atoms with Crippen molar-refractivity contribution in [2.45, 2.75) is 57.4 Å². The summed E-state index contributed by atoms with van der Waals surface area (Å²) in [6.07, 6.45) is 12.4. The summed E-state index contributed by atoms with van der Waals surface area (Å²) in [6.45, 7) is 0.874. The van der Waals surface area contributed by atoms with Crippen LogP contribution in [0.3, 0.4) is 0 Å². The summed E-state index contributed by atoms with van der Waals surface area (Å²) in [4.78, 5) is 4.49. The van der Waals surface area contributed by atoms with Crippen molar-refractivity contribution in [3.05, 3.63) is 0 Å². The molecule has 4 nitrogen and oxygen atoms in total. The van der Waals surface area contributed by atoms with E-state index in [1.807, 2.05) is 11.8 Å². The van der Waals surface area contributed by atoms with Crippen molar-refractivity contribution >= 4 is 17.7 Å². The van der Waals surface area contributed by atoms with Gasteiger partial charge in [0.1, 0.15) is 0 Å². The van der Waals surface area contributed by atoms with Crippen molar-refractivity contribution in [1.29, 1.82) is 0 Å². The molecule has 5 heteroatoms. The number of nitrogens with zero attached hydrogens (tertiary/aromatic N) is 1. The maximum absolute atomic E-state index is 5.49. The first-order chi connectivity index (χ1) is 8.86. The van der Waals surface area contributed by atoms with Crippen molar-refractivity contribution in [3.8, 4) is 0 Å². The van der Waals surface area contributed by atoms with Gasteiger partial charge in [-0.15, -0.1) is 0 Å². The Kier molecular flexibility index (Phi) is 9.12. The third-order valence-electron chi connectivity index (χ3n) is 3.36. The summed E-state index contributed by atoms with van der Waals surface area (Å²) in [5.41, 5.74) is 2.68. The molecule has 0 bridgehead atoms. The molecule has 1 aliphatic rings. The number of nitrogens with one attached hydrogen (secondary N) is 2. The highest BCUT2D eigenvalue weighted by Gasteiger charge is 2.15. The molecule has 1 saturated carbocycles. The fraction of sp³-hybridized carbons (Fsp3) is 0.923. The number of guanidine groups is 1. The van der Waals surface area contributed by atoms with Gasteiger partial charge in [-0.3, -0.25) is 10.4 Å². The van der Waals surface area contributed by atoms with Crippen LogP contribution >= 0.6 is 11.8 Å². The molecule has 1 fully saturated rings. The first-order valence-corrected chi connectivity index (χ1v) is 8.52. The van der Waals surface area contributed by atoms with Gasteiger partial charge in [0.25, 0.3) is 0 Å². The molecule has 1 rings (SSSR count). The molecular weight excluding hydrogens is 244 g/mol. The van der Waals surface area contributed by atoms with Gasteiger partial charge in [-0.25, -0.2) is 5.84 Å². The van der Waals surface area contributed by atoms with Crippen LogP contribution in [0.2, 0.25) is 0 Å². The number of aliphatic imine (C=N–C) groups is 1. The normalized spacial score (nSPS) is 17.1. The zero-order chi connectivity index (χ0) is 13.1. The van der Waals surface area contributed by atoms with Crippen LogP contribution in [0.1, 0.15) is 51.4 Å². The van der Waals surface area contributed by atoms with Crippen LogP contribution in [0.15, 0.2) is 4.99 Å². The zero-order valence-corrected chi connectivity index (χ0v) is 12.4. The fourth-order valence-electron chi connectivity index (χ4n) is 2.30. The average Bonchev–Trinajstić information content (AvgIpc) is 2.89. The molecular formula is C13H28N4S. The Morgan fingerprint density at radius 1 is 1.22 bits per heavy atom. The molecule has 0 aromatic heterocycles. The predicted octanol–water partition coefficient (Wildman–Crippen LogP) is 2.26. The highest BCUT2D eigenvalue weighted by Crippen LogP contribution is 2.17. The minimum Gasteiger partial charge on any atom is -0.353 e. The Morgan fingerprint density at radius 2 is 1.94 bits per heavy atom.